The number of methoxy groups -OCH3 is 1. The van der Waals surface area contributed by atoms with E-state index in [4.69, 9.17) is 4.74 Å². The van der Waals surface area contributed by atoms with Crippen LogP contribution in [0.2, 0.25) is 0 Å². The van der Waals surface area contributed by atoms with E-state index in [1.54, 1.807) is 31.2 Å². The number of benzene rings is 2. The van der Waals surface area contributed by atoms with Crippen molar-refractivity contribution in [2.24, 2.45) is 0 Å². The van der Waals surface area contributed by atoms with Crippen LogP contribution in [0.15, 0.2) is 48.5 Å². The van der Waals surface area contributed by atoms with Crippen LogP contribution in [-0.2, 0) is 9.53 Å². The molecule has 0 radical (unpaired) electrons. The number of hydrogen-bond donors (Lipinski definition) is 1. The van der Waals surface area contributed by atoms with Crippen molar-refractivity contribution in [3.8, 4) is 5.75 Å². The zero-order valence-electron chi connectivity index (χ0n) is 12.7. The minimum Gasteiger partial charge on any atom is -0.479 e. The molecule has 1 unspecified atom stereocenters. The quantitative estimate of drug-likeness (QED) is 0.861. The van der Waals surface area contributed by atoms with Crippen molar-refractivity contribution in [3.63, 3.8) is 0 Å². The van der Waals surface area contributed by atoms with Gasteiger partial charge in [0.1, 0.15) is 11.6 Å². The maximum atomic E-state index is 12.8. The Labute approximate surface area is 133 Å². The van der Waals surface area contributed by atoms with E-state index in [0.717, 1.165) is 0 Å². The summed E-state index contributed by atoms with van der Waals surface area (Å²) in [5, 5.41) is 2.65. The normalized spacial score (nSPS) is 11.4. The summed E-state index contributed by atoms with van der Waals surface area (Å²) in [6.07, 6.45) is -0.737. The highest BCUT2D eigenvalue weighted by Crippen LogP contribution is 2.16. The van der Waals surface area contributed by atoms with Crippen LogP contribution in [0.5, 0.6) is 5.75 Å². The third kappa shape index (κ3) is 4.54. The maximum absolute atomic E-state index is 12.8. The minimum atomic E-state index is -0.737. The van der Waals surface area contributed by atoms with Crippen molar-refractivity contribution in [3.05, 3.63) is 59.9 Å². The Morgan fingerprint density at radius 1 is 1.04 bits per heavy atom. The molecule has 0 saturated carbocycles. The molecule has 0 saturated heterocycles. The number of halogens is 1. The summed E-state index contributed by atoms with van der Waals surface area (Å²) < 4.78 is 22.8. The van der Waals surface area contributed by atoms with Crippen molar-refractivity contribution >= 4 is 17.6 Å². The number of nitrogens with one attached hydrogen (secondary N) is 1. The van der Waals surface area contributed by atoms with E-state index >= 15 is 0 Å². The third-order valence-corrected chi connectivity index (χ3v) is 3.06. The van der Waals surface area contributed by atoms with E-state index in [1.807, 2.05) is 0 Å². The van der Waals surface area contributed by atoms with Crippen LogP contribution in [0.3, 0.4) is 0 Å². The first-order valence-corrected chi connectivity index (χ1v) is 6.91. The lowest BCUT2D eigenvalue weighted by Gasteiger charge is -2.12. The number of hydrogen-bond acceptors (Lipinski definition) is 4. The lowest BCUT2D eigenvalue weighted by Crippen LogP contribution is -2.24. The number of ether oxygens (including phenoxy) is 2. The predicted molar refractivity (Wildman–Crippen MR) is 82.9 cm³/mol. The summed E-state index contributed by atoms with van der Waals surface area (Å²) in [6.45, 7) is 1.57. The number of anilines is 1. The van der Waals surface area contributed by atoms with Gasteiger partial charge in [-0.2, -0.15) is 0 Å². The third-order valence-electron chi connectivity index (χ3n) is 3.06. The Morgan fingerprint density at radius 2 is 1.65 bits per heavy atom. The number of rotatable bonds is 5. The van der Waals surface area contributed by atoms with Gasteiger partial charge in [-0.15, -0.1) is 0 Å². The average molecular weight is 317 g/mol. The molecule has 0 aliphatic heterocycles. The summed E-state index contributed by atoms with van der Waals surface area (Å²) >= 11 is 0. The molecule has 1 amide bonds. The van der Waals surface area contributed by atoms with Gasteiger partial charge in [0.2, 0.25) is 0 Å². The van der Waals surface area contributed by atoms with Crippen molar-refractivity contribution < 1.29 is 23.5 Å². The van der Waals surface area contributed by atoms with E-state index in [-0.39, 0.29) is 11.7 Å². The maximum Gasteiger partial charge on any atom is 0.346 e. The Kier molecular flexibility index (Phi) is 5.30. The lowest BCUT2D eigenvalue weighted by molar-refractivity contribution is -0.147. The summed E-state index contributed by atoms with van der Waals surface area (Å²) in [5.74, 6) is -0.738. The van der Waals surface area contributed by atoms with E-state index in [1.165, 1.54) is 31.4 Å². The fourth-order valence-electron chi connectivity index (χ4n) is 1.84. The highest BCUT2D eigenvalue weighted by Gasteiger charge is 2.15. The lowest BCUT2D eigenvalue weighted by atomic mass is 10.2. The highest BCUT2D eigenvalue weighted by atomic mass is 19.1. The van der Waals surface area contributed by atoms with Gasteiger partial charge in [0.15, 0.2) is 6.10 Å². The molecule has 2 aromatic carbocycles. The monoisotopic (exact) mass is 317 g/mol. The molecule has 0 aliphatic carbocycles. The second-order valence-corrected chi connectivity index (χ2v) is 4.77. The largest absolute Gasteiger partial charge is 0.479 e. The van der Waals surface area contributed by atoms with Crippen molar-refractivity contribution in [1.82, 2.24) is 0 Å². The molecule has 5 nitrogen and oxygen atoms in total. The van der Waals surface area contributed by atoms with Crippen LogP contribution in [0.25, 0.3) is 0 Å². The van der Waals surface area contributed by atoms with Crippen LogP contribution in [-0.4, -0.2) is 25.1 Å². The van der Waals surface area contributed by atoms with Gasteiger partial charge >= 0.3 is 5.97 Å². The molecule has 1 atom stereocenters. The molecule has 2 rings (SSSR count). The van der Waals surface area contributed by atoms with E-state index < -0.39 is 12.1 Å². The number of carbonyl (C=O) groups is 2. The second kappa shape index (κ2) is 7.40. The standard InChI is InChI=1S/C17H16FNO4/c1-11(17(21)22-2)23-15-9-3-12(4-10-15)16(20)19-14-7-5-13(18)6-8-14/h3-11H,1-2H3,(H,19,20). The molecule has 2 aromatic rings. The molecule has 0 fully saturated rings. The van der Waals surface area contributed by atoms with Gasteiger partial charge in [-0.1, -0.05) is 0 Å². The second-order valence-electron chi connectivity index (χ2n) is 4.77. The molecule has 0 spiro atoms. The summed E-state index contributed by atoms with van der Waals surface area (Å²) in [5.41, 5.74) is 0.906. The van der Waals surface area contributed by atoms with Gasteiger partial charge in [0.25, 0.3) is 5.91 Å². The Hall–Kier alpha value is -2.89. The van der Waals surface area contributed by atoms with Gasteiger partial charge in [-0.05, 0) is 55.5 Å². The highest BCUT2D eigenvalue weighted by molar-refractivity contribution is 6.04. The molecular weight excluding hydrogens is 301 g/mol. The van der Waals surface area contributed by atoms with E-state index in [9.17, 15) is 14.0 Å². The molecule has 0 aromatic heterocycles. The topological polar surface area (TPSA) is 64.6 Å². The summed E-state index contributed by atoms with van der Waals surface area (Å²) in [7, 11) is 1.28. The Balaban J connectivity index is 1.99. The van der Waals surface area contributed by atoms with Gasteiger partial charge in [-0.3, -0.25) is 4.79 Å². The van der Waals surface area contributed by atoms with Gasteiger partial charge in [0.05, 0.1) is 7.11 Å². The average Bonchev–Trinajstić information content (AvgIpc) is 2.56. The fourth-order valence-corrected chi connectivity index (χ4v) is 1.84. The van der Waals surface area contributed by atoms with E-state index in [0.29, 0.717) is 17.0 Å². The predicted octanol–water partition coefficient (Wildman–Crippen LogP) is 3.02. The Bertz CT molecular complexity index is 683. The van der Waals surface area contributed by atoms with Crippen LogP contribution in [0, 0.1) is 5.82 Å². The summed E-state index contributed by atoms with van der Waals surface area (Å²) in [4.78, 5) is 23.3. The first-order chi connectivity index (χ1) is 11.0. The van der Waals surface area contributed by atoms with Crippen LogP contribution < -0.4 is 10.1 Å². The van der Waals surface area contributed by atoms with Crippen molar-refractivity contribution in [2.75, 3.05) is 12.4 Å². The van der Waals surface area contributed by atoms with Crippen LogP contribution in [0.4, 0.5) is 10.1 Å². The molecule has 0 heterocycles. The Morgan fingerprint density at radius 3 is 2.22 bits per heavy atom. The molecule has 6 heteroatoms. The zero-order chi connectivity index (χ0) is 16.8. The SMILES string of the molecule is COC(=O)C(C)Oc1ccc(C(=O)Nc2ccc(F)cc2)cc1. The van der Waals surface area contributed by atoms with Gasteiger partial charge in [0, 0.05) is 11.3 Å². The van der Waals surface area contributed by atoms with Crippen molar-refractivity contribution in [1.29, 1.82) is 0 Å². The fraction of sp³-hybridized carbons (Fsp3) is 0.176. The first kappa shape index (κ1) is 16.5. The number of amides is 1. The number of carbonyl (C=O) groups excluding carboxylic acids is 2. The van der Waals surface area contributed by atoms with Crippen molar-refractivity contribution in [2.45, 2.75) is 13.0 Å². The van der Waals surface area contributed by atoms with E-state index in [2.05, 4.69) is 10.1 Å². The zero-order valence-corrected chi connectivity index (χ0v) is 12.7. The number of esters is 1. The summed E-state index contributed by atoms with van der Waals surface area (Å²) in [6, 6.07) is 11.8. The molecule has 1 N–H and O–H groups in total. The molecule has 23 heavy (non-hydrogen) atoms. The molecule has 0 bridgehead atoms. The van der Waals surface area contributed by atoms with Crippen LogP contribution in [0.1, 0.15) is 17.3 Å². The molecule has 0 aliphatic rings. The van der Waals surface area contributed by atoms with Gasteiger partial charge in [-0.25, -0.2) is 9.18 Å². The smallest absolute Gasteiger partial charge is 0.346 e. The van der Waals surface area contributed by atoms with Crippen LogP contribution >= 0.6 is 0 Å². The molecular formula is C17H16FNO4. The minimum absolute atomic E-state index is 0.329. The first-order valence-electron chi connectivity index (χ1n) is 6.91. The molecule has 120 valence electrons. The van der Waals surface area contributed by atoms with Gasteiger partial charge < -0.3 is 14.8 Å².